The summed E-state index contributed by atoms with van der Waals surface area (Å²) in [5, 5.41) is 11.4. The van der Waals surface area contributed by atoms with E-state index in [-0.39, 0.29) is 22.9 Å². The Kier molecular flexibility index (Phi) is 3.41. The number of rotatable bonds is 1. The first-order valence-corrected chi connectivity index (χ1v) is 9.53. The van der Waals surface area contributed by atoms with Crippen LogP contribution in [0.5, 0.6) is 0 Å². The van der Waals surface area contributed by atoms with Gasteiger partial charge in [-0.3, -0.25) is 9.59 Å². The summed E-state index contributed by atoms with van der Waals surface area (Å²) in [5.41, 5.74) is 0.834. The summed E-state index contributed by atoms with van der Waals surface area (Å²) in [6, 6.07) is 0. The lowest BCUT2D eigenvalue weighted by Crippen LogP contribution is -2.55. The number of carbonyl (C=O) groups excluding carboxylic acids is 2. The van der Waals surface area contributed by atoms with Crippen molar-refractivity contribution in [2.45, 2.75) is 59.0 Å². The molecule has 25 heavy (non-hydrogen) atoms. The van der Waals surface area contributed by atoms with Crippen molar-refractivity contribution in [3.63, 3.8) is 0 Å². The van der Waals surface area contributed by atoms with E-state index in [4.69, 9.17) is 0 Å². The van der Waals surface area contributed by atoms with Gasteiger partial charge >= 0.3 is 0 Å². The molecule has 0 aromatic carbocycles. The van der Waals surface area contributed by atoms with Crippen molar-refractivity contribution in [3.8, 4) is 0 Å². The van der Waals surface area contributed by atoms with Gasteiger partial charge in [-0.15, -0.1) is 0 Å². The Balaban J connectivity index is 1.81. The molecule has 134 valence electrons. The maximum Gasteiger partial charge on any atom is 0.178 e. The van der Waals surface area contributed by atoms with Crippen molar-refractivity contribution >= 4 is 11.6 Å². The highest BCUT2D eigenvalue weighted by Crippen LogP contribution is 2.66. The molecule has 2 saturated carbocycles. The minimum Gasteiger partial charge on any atom is -0.381 e. The summed E-state index contributed by atoms with van der Waals surface area (Å²) in [6.45, 7) is 7.91. The first kappa shape index (κ1) is 17.0. The highest BCUT2D eigenvalue weighted by molar-refractivity contribution is 6.01. The Morgan fingerprint density at radius 3 is 2.72 bits per heavy atom. The van der Waals surface area contributed by atoms with Crippen molar-refractivity contribution < 1.29 is 14.7 Å². The fraction of sp³-hybridized carbons (Fsp3) is 0.636. The lowest BCUT2D eigenvalue weighted by atomic mass is 9.51. The van der Waals surface area contributed by atoms with Gasteiger partial charge in [-0.05, 0) is 69.4 Å². The van der Waals surface area contributed by atoms with Crippen molar-refractivity contribution in [1.82, 2.24) is 0 Å². The van der Waals surface area contributed by atoms with Crippen LogP contribution in [-0.4, -0.2) is 22.3 Å². The van der Waals surface area contributed by atoms with Gasteiger partial charge in [-0.1, -0.05) is 37.1 Å². The fourth-order valence-corrected chi connectivity index (χ4v) is 6.62. The summed E-state index contributed by atoms with van der Waals surface area (Å²) in [7, 11) is 0. The number of allylic oxidation sites excluding steroid dienone is 6. The van der Waals surface area contributed by atoms with Gasteiger partial charge in [0.2, 0.25) is 0 Å². The first-order chi connectivity index (χ1) is 11.6. The van der Waals surface area contributed by atoms with Crippen LogP contribution in [0.15, 0.2) is 35.5 Å². The molecular formula is C22H28O3. The molecule has 6 atom stereocenters. The molecule has 4 rings (SSSR count). The van der Waals surface area contributed by atoms with Crippen LogP contribution < -0.4 is 0 Å². The van der Waals surface area contributed by atoms with E-state index in [2.05, 4.69) is 26.0 Å². The zero-order valence-electron chi connectivity index (χ0n) is 15.6. The van der Waals surface area contributed by atoms with Crippen LogP contribution in [0.1, 0.15) is 53.4 Å². The second kappa shape index (κ2) is 5.03. The molecule has 0 spiro atoms. The highest BCUT2D eigenvalue weighted by atomic mass is 16.3. The minimum absolute atomic E-state index is 0.0130. The predicted molar refractivity (Wildman–Crippen MR) is 96.8 cm³/mol. The Morgan fingerprint density at radius 1 is 1.32 bits per heavy atom. The van der Waals surface area contributed by atoms with Crippen molar-refractivity contribution in [2.24, 2.45) is 28.6 Å². The van der Waals surface area contributed by atoms with Crippen molar-refractivity contribution in [1.29, 1.82) is 0 Å². The molecule has 3 nitrogen and oxygen atoms in total. The van der Waals surface area contributed by atoms with Crippen LogP contribution in [-0.2, 0) is 9.59 Å². The van der Waals surface area contributed by atoms with Crippen LogP contribution in [0, 0.1) is 28.6 Å². The smallest absolute Gasteiger partial charge is 0.178 e. The number of carbonyl (C=O) groups is 2. The van der Waals surface area contributed by atoms with E-state index >= 15 is 0 Å². The average Bonchev–Trinajstić information content (AvgIpc) is 2.77. The molecule has 0 radical (unpaired) electrons. The van der Waals surface area contributed by atoms with Crippen LogP contribution in [0.2, 0.25) is 0 Å². The molecule has 1 N–H and O–H groups in total. The van der Waals surface area contributed by atoms with E-state index in [0.717, 1.165) is 25.7 Å². The number of Topliss-reactive ketones (excluding diaryl/α,β-unsaturated/α-hetero) is 1. The number of hydrogen-bond acceptors (Lipinski definition) is 3. The van der Waals surface area contributed by atoms with Gasteiger partial charge < -0.3 is 5.11 Å². The van der Waals surface area contributed by atoms with E-state index in [0.29, 0.717) is 11.8 Å². The number of aliphatic hydroxyl groups is 1. The molecular weight excluding hydrogens is 312 g/mol. The molecule has 0 unspecified atom stereocenters. The maximum absolute atomic E-state index is 12.4. The van der Waals surface area contributed by atoms with Gasteiger partial charge in [0, 0.05) is 10.8 Å². The Hall–Kier alpha value is -1.48. The minimum atomic E-state index is -1.23. The van der Waals surface area contributed by atoms with Crippen LogP contribution in [0.4, 0.5) is 0 Å². The summed E-state index contributed by atoms with van der Waals surface area (Å²) in [5.74, 6) is 0.691. The summed E-state index contributed by atoms with van der Waals surface area (Å²) < 4.78 is 0. The van der Waals surface area contributed by atoms with Crippen molar-refractivity contribution in [2.75, 3.05) is 0 Å². The van der Waals surface area contributed by atoms with Gasteiger partial charge in [-0.25, -0.2) is 0 Å². The van der Waals surface area contributed by atoms with E-state index in [9.17, 15) is 14.7 Å². The zero-order valence-corrected chi connectivity index (χ0v) is 15.6. The molecule has 0 aromatic rings. The Bertz CT molecular complexity index is 757. The van der Waals surface area contributed by atoms with E-state index in [1.165, 1.54) is 11.1 Å². The monoisotopic (exact) mass is 340 g/mol. The SMILES string of the molecule is CC(=O)[C@]1(O)[C@H](C)C[C@@H]2[C@@H]3CCC4=CC(=O)C=C[C@@]4(C)C3=CC[C@]21C. The molecule has 0 heterocycles. The molecule has 4 aliphatic rings. The topological polar surface area (TPSA) is 54.4 Å². The molecule has 0 saturated heterocycles. The van der Waals surface area contributed by atoms with Crippen LogP contribution in [0.25, 0.3) is 0 Å². The number of ketones is 2. The third-order valence-electron chi connectivity index (χ3n) is 8.07. The Labute approximate surface area is 149 Å². The van der Waals surface area contributed by atoms with Gasteiger partial charge in [0.15, 0.2) is 11.6 Å². The molecule has 4 aliphatic carbocycles. The number of fused-ring (bicyclic) bond motifs is 5. The largest absolute Gasteiger partial charge is 0.381 e. The third kappa shape index (κ3) is 1.91. The van der Waals surface area contributed by atoms with Gasteiger partial charge in [-0.2, -0.15) is 0 Å². The molecule has 0 aromatic heterocycles. The van der Waals surface area contributed by atoms with E-state index < -0.39 is 11.0 Å². The second-order valence-electron chi connectivity index (χ2n) is 9.10. The predicted octanol–water partition coefficient (Wildman–Crippen LogP) is 3.78. The van der Waals surface area contributed by atoms with Crippen molar-refractivity contribution in [3.05, 3.63) is 35.5 Å². The second-order valence-corrected chi connectivity index (χ2v) is 9.10. The Morgan fingerprint density at radius 2 is 2.04 bits per heavy atom. The van der Waals surface area contributed by atoms with E-state index in [1.54, 1.807) is 13.0 Å². The number of hydrogen-bond donors (Lipinski definition) is 1. The van der Waals surface area contributed by atoms with Crippen LogP contribution >= 0.6 is 0 Å². The maximum atomic E-state index is 12.4. The highest BCUT2D eigenvalue weighted by Gasteiger charge is 2.66. The van der Waals surface area contributed by atoms with Gasteiger partial charge in [0.1, 0.15) is 5.60 Å². The fourth-order valence-electron chi connectivity index (χ4n) is 6.62. The standard InChI is InChI=1S/C22H28O3/c1-13-11-19-17-6-5-15-12-16(24)7-9-20(15,3)18(17)8-10-21(19,4)22(13,25)14(2)23/h7-9,12-13,17,19,25H,5-6,10-11H2,1-4H3/t13-,17-,19-,20-,21-,22-/m1/s1. The third-order valence-corrected chi connectivity index (χ3v) is 8.07. The summed E-state index contributed by atoms with van der Waals surface area (Å²) in [6.07, 6.45) is 11.4. The normalized spacial score (nSPS) is 48.2. The first-order valence-electron chi connectivity index (χ1n) is 9.53. The molecule has 0 amide bonds. The van der Waals surface area contributed by atoms with Crippen LogP contribution in [0.3, 0.4) is 0 Å². The average molecular weight is 340 g/mol. The summed E-state index contributed by atoms with van der Waals surface area (Å²) in [4.78, 5) is 24.2. The van der Waals surface area contributed by atoms with E-state index in [1.807, 2.05) is 13.0 Å². The van der Waals surface area contributed by atoms with Gasteiger partial charge in [0.25, 0.3) is 0 Å². The molecule has 0 aliphatic heterocycles. The molecule has 0 bridgehead atoms. The molecule has 3 heteroatoms. The molecule has 2 fully saturated rings. The lowest BCUT2D eigenvalue weighted by molar-refractivity contribution is -0.156. The lowest BCUT2D eigenvalue weighted by Gasteiger charge is -2.53. The quantitative estimate of drug-likeness (QED) is 0.739. The summed E-state index contributed by atoms with van der Waals surface area (Å²) >= 11 is 0. The van der Waals surface area contributed by atoms with Gasteiger partial charge in [0.05, 0.1) is 0 Å². The zero-order chi connectivity index (χ0) is 18.2.